The van der Waals surface area contributed by atoms with Gasteiger partial charge in [0.25, 0.3) is 0 Å². The first-order valence-electron chi connectivity index (χ1n) is 9.53. The lowest BCUT2D eigenvalue weighted by Gasteiger charge is -2.34. The normalized spacial score (nSPS) is 15.1. The zero-order chi connectivity index (χ0) is 20.6. The maximum Gasteiger partial charge on any atom is 0.238 e. The van der Waals surface area contributed by atoms with E-state index >= 15 is 0 Å². The summed E-state index contributed by atoms with van der Waals surface area (Å²) in [5, 5.41) is 5.38. The molecule has 0 spiro atoms. The van der Waals surface area contributed by atoms with Gasteiger partial charge in [-0.1, -0.05) is 12.1 Å². The molecule has 0 saturated carbocycles. The van der Waals surface area contributed by atoms with Crippen LogP contribution >= 0.6 is 0 Å². The number of halogens is 2. The van der Waals surface area contributed by atoms with Gasteiger partial charge in [0.15, 0.2) is 0 Å². The third kappa shape index (κ3) is 6.92. The van der Waals surface area contributed by atoms with Crippen LogP contribution in [0.2, 0.25) is 0 Å². The molecule has 8 heteroatoms. The average molecular weight is 402 g/mol. The van der Waals surface area contributed by atoms with Crippen LogP contribution in [0.4, 0.5) is 20.2 Å². The van der Waals surface area contributed by atoms with Gasteiger partial charge in [0.2, 0.25) is 11.8 Å². The quantitative estimate of drug-likeness (QED) is 0.747. The Morgan fingerprint density at radius 2 is 1.31 bits per heavy atom. The average Bonchev–Trinajstić information content (AvgIpc) is 2.67. The van der Waals surface area contributed by atoms with Crippen molar-refractivity contribution in [3.05, 3.63) is 60.2 Å². The Bertz CT molecular complexity index is 854. The minimum atomic E-state index is -0.391. The van der Waals surface area contributed by atoms with E-state index in [-0.39, 0.29) is 24.2 Å². The number of amides is 2. The lowest BCUT2D eigenvalue weighted by molar-refractivity contribution is -0.117. The highest BCUT2D eigenvalue weighted by Gasteiger charge is 2.19. The van der Waals surface area contributed by atoms with Gasteiger partial charge in [0.05, 0.1) is 6.54 Å². The van der Waals surface area contributed by atoms with Crippen LogP contribution in [-0.2, 0) is 9.59 Å². The van der Waals surface area contributed by atoms with Crippen LogP contribution in [0.1, 0.15) is 6.42 Å². The summed E-state index contributed by atoms with van der Waals surface area (Å²) in [5.41, 5.74) is 0.891. The van der Waals surface area contributed by atoms with Gasteiger partial charge < -0.3 is 15.5 Å². The highest BCUT2D eigenvalue weighted by molar-refractivity contribution is 5.92. The standard InChI is InChI=1S/C21H24F2N4O2/c22-16-3-1-5-18(13-16)24-20(28)7-8-26-9-11-27(12-10-26)15-21(29)25-19-6-2-4-17(23)14-19/h1-6,13-14H,7-12,15H2,(H,24,28)(H,25,29). The van der Waals surface area contributed by atoms with Crippen molar-refractivity contribution in [3.63, 3.8) is 0 Å². The van der Waals surface area contributed by atoms with E-state index in [2.05, 4.69) is 15.5 Å². The third-order valence-corrected chi connectivity index (χ3v) is 4.70. The second kappa shape index (κ2) is 10.1. The smallest absolute Gasteiger partial charge is 0.238 e. The molecular weight excluding hydrogens is 378 g/mol. The van der Waals surface area contributed by atoms with Crippen molar-refractivity contribution in [2.24, 2.45) is 0 Å². The Morgan fingerprint density at radius 1 is 0.793 bits per heavy atom. The van der Waals surface area contributed by atoms with Crippen molar-refractivity contribution in [3.8, 4) is 0 Å². The second-order valence-corrected chi connectivity index (χ2v) is 6.98. The first-order chi connectivity index (χ1) is 14.0. The molecule has 0 bridgehead atoms. The third-order valence-electron chi connectivity index (χ3n) is 4.70. The van der Waals surface area contributed by atoms with Crippen molar-refractivity contribution in [2.45, 2.75) is 6.42 Å². The molecule has 0 radical (unpaired) electrons. The minimum absolute atomic E-state index is 0.160. The van der Waals surface area contributed by atoms with E-state index in [4.69, 9.17) is 0 Å². The van der Waals surface area contributed by atoms with Gasteiger partial charge in [-0.05, 0) is 36.4 Å². The molecule has 29 heavy (non-hydrogen) atoms. The van der Waals surface area contributed by atoms with E-state index in [1.807, 2.05) is 4.90 Å². The summed E-state index contributed by atoms with van der Waals surface area (Å²) >= 11 is 0. The van der Waals surface area contributed by atoms with Crippen molar-refractivity contribution in [1.29, 1.82) is 0 Å². The van der Waals surface area contributed by atoms with Crippen LogP contribution < -0.4 is 10.6 Å². The van der Waals surface area contributed by atoms with Crippen LogP contribution in [0.25, 0.3) is 0 Å². The number of nitrogens with one attached hydrogen (secondary N) is 2. The van der Waals surface area contributed by atoms with Crippen LogP contribution in [0.3, 0.4) is 0 Å². The van der Waals surface area contributed by atoms with Gasteiger partial charge in [-0.25, -0.2) is 8.78 Å². The molecule has 2 aromatic carbocycles. The summed E-state index contributed by atoms with van der Waals surface area (Å²) in [5.74, 6) is -1.12. The number of benzene rings is 2. The van der Waals surface area contributed by atoms with Gasteiger partial charge in [-0.2, -0.15) is 0 Å². The molecule has 1 fully saturated rings. The van der Waals surface area contributed by atoms with E-state index in [9.17, 15) is 18.4 Å². The highest BCUT2D eigenvalue weighted by Crippen LogP contribution is 2.11. The summed E-state index contributed by atoms with van der Waals surface area (Å²) in [7, 11) is 0. The van der Waals surface area contributed by atoms with Gasteiger partial charge in [-0.15, -0.1) is 0 Å². The Morgan fingerprint density at radius 3 is 1.86 bits per heavy atom. The molecule has 2 aromatic rings. The van der Waals surface area contributed by atoms with E-state index in [0.717, 1.165) is 13.1 Å². The highest BCUT2D eigenvalue weighted by atomic mass is 19.1. The molecule has 1 heterocycles. The van der Waals surface area contributed by atoms with E-state index in [1.54, 1.807) is 24.3 Å². The second-order valence-electron chi connectivity index (χ2n) is 6.98. The fourth-order valence-corrected chi connectivity index (χ4v) is 3.19. The molecule has 2 N–H and O–H groups in total. The molecule has 1 saturated heterocycles. The fraction of sp³-hybridized carbons (Fsp3) is 0.333. The lowest BCUT2D eigenvalue weighted by atomic mass is 10.2. The Kier molecular flexibility index (Phi) is 7.26. The predicted molar refractivity (Wildman–Crippen MR) is 108 cm³/mol. The molecule has 0 atom stereocenters. The summed E-state index contributed by atoms with van der Waals surface area (Å²) in [6, 6.07) is 11.6. The molecule has 3 rings (SSSR count). The van der Waals surface area contributed by atoms with Gasteiger partial charge in [0.1, 0.15) is 11.6 Å². The van der Waals surface area contributed by atoms with Gasteiger partial charge >= 0.3 is 0 Å². The number of anilines is 2. The molecule has 0 aromatic heterocycles. The fourth-order valence-electron chi connectivity index (χ4n) is 3.19. The SMILES string of the molecule is O=C(CCN1CCN(CC(=O)Nc2cccc(F)c2)CC1)Nc1cccc(F)c1. The van der Waals surface area contributed by atoms with E-state index in [0.29, 0.717) is 37.4 Å². The first kappa shape index (κ1) is 20.9. The predicted octanol–water partition coefficient (Wildman–Crippen LogP) is 2.55. The van der Waals surface area contributed by atoms with Crippen molar-refractivity contribution in [1.82, 2.24) is 9.80 Å². The summed E-state index contributed by atoms with van der Waals surface area (Å²) in [6.45, 7) is 3.76. The molecular formula is C21H24F2N4O2. The Labute approximate surface area is 168 Å². The molecule has 6 nitrogen and oxygen atoms in total. The van der Waals surface area contributed by atoms with Crippen molar-refractivity contribution < 1.29 is 18.4 Å². The lowest BCUT2D eigenvalue weighted by Crippen LogP contribution is -2.49. The Balaban J connectivity index is 1.34. The van der Waals surface area contributed by atoms with E-state index in [1.165, 1.54) is 24.3 Å². The number of carbonyl (C=O) groups is 2. The monoisotopic (exact) mass is 402 g/mol. The molecule has 1 aliphatic rings. The Hall–Kier alpha value is -2.84. The maximum absolute atomic E-state index is 13.2. The van der Waals surface area contributed by atoms with Crippen LogP contribution in [0.5, 0.6) is 0 Å². The summed E-state index contributed by atoms with van der Waals surface area (Å²) in [6.07, 6.45) is 0.316. The zero-order valence-corrected chi connectivity index (χ0v) is 16.0. The summed E-state index contributed by atoms with van der Waals surface area (Å²) < 4.78 is 26.3. The largest absolute Gasteiger partial charge is 0.326 e. The number of carbonyl (C=O) groups excluding carboxylic acids is 2. The van der Waals surface area contributed by atoms with Crippen molar-refractivity contribution in [2.75, 3.05) is 49.9 Å². The minimum Gasteiger partial charge on any atom is -0.326 e. The number of nitrogens with zero attached hydrogens (tertiary/aromatic N) is 2. The zero-order valence-electron chi connectivity index (χ0n) is 16.0. The van der Waals surface area contributed by atoms with Gasteiger partial charge in [0, 0.05) is 50.5 Å². The molecule has 2 amide bonds. The molecule has 0 aliphatic carbocycles. The van der Waals surface area contributed by atoms with Crippen LogP contribution in [-0.4, -0.2) is 60.9 Å². The van der Waals surface area contributed by atoms with Crippen LogP contribution in [0, 0.1) is 11.6 Å². The topological polar surface area (TPSA) is 64.7 Å². The van der Waals surface area contributed by atoms with Crippen molar-refractivity contribution >= 4 is 23.2 Å². The van der Waals surface area contributed by atoms with Crippen LogP contribution in [0.15, 0.2) is 48.5 Å². The van der Waals surface area contributed by atoms with Gasteiger partial charge in [-0.3, -0.25) is 14.5 Å². The summed E-state index contributed by atoms with van der Waals surface area (Å²) in [4.78, 5) is 28.3. The molecule has 154 valence electrons. The number of hydrogen-bond donors (Lipinski definition) is 2. The molecule has 0 unspecified atom stereocenters. The first-order valence-corrected chi connectivity index (χ1v) is 9.53. The molecule has 1 aliphatic heterocycles. The number of rotatable bonds is 7. The maximum atomic E-state index is 13.2. The number of piperazine rings is 1. The van der Waals surface area contributed by atoms with E-state index < -0.39 is 5.82 Å². The number of hydrogen-bond acceptors (Lipinski definition) is 4.